The zero-order chi connectivity index (χ0) is 20.9. The number of ether oxygens (including phenoxy) is 1. The minimum Gasteiger partial charge on any atom is -0.406 e. The Labute approximate surface area is 161 Å². The van der Waals surface area contributed by atoms with Gasteiger partial charge in [0.15, 0.2) is 0 Å². The molecule has 3 N–H and O–H groups in total. The summed E-state index contributed by atoms with van der Waals surface area (Å²) in [6.45, 7) is 1.90. The average molecular weight is 420 g/mol. The summed E-state index contributed by atoms with van der Waals surface area (Å²) in [5.74, 6) is -1.96. The molecule has 0 aliphatic rings. The van der Waals surface area contributed by atoms with Gasteiger partial charge in [0, 0.05) is 23.3 Å². The van der Waals surface area contributed by atoms with Gasteiger partial charge in [-0.15, -0.1) is 13.2 Å². The van der Waals surface area contributed by atoms with Crippen LogP contribution in [-0.2, 0) is 0 Å². The van der Waals surface area contributed by atoms with Gasteiger partial charge in [-0.1, -0.05) is 11.6 Å². The van der Waals surface area contributed by atoms with Crippen molar-refractivity contribution in [1.82, 2.24) is 5.32 Å². The van der Waals surface area contributed by atoms with Gasteiger partial charge in [-0.05, 0) is 37.3 Å². The van der Waals surface area contributed by atoms with Crippen molar-refractivity contribution >= 4 is 34.9 Å². The summed E-state index contributed by atoms with van der Waals surface area (Å²) >= 11 is 5.69. The molecule has 28 heavy (non-hydrogen) atoms. The molecule has 0 aromatic heterocycles. The number of halogens is 5. The lowest BCUT2D eigenvalue weighted by Crippen LogP contribution is -2.26. The fourth-order valence-corrected chi connectivity index (χ4v) is 2.41. The van der Waals surface area contributed by atoms with Crippen LogP contribution in [-0.4, -0.2) is 24.8 Å². The second-order valence-electron chi connectivity index (χ2n) is 5.35. The third-order valence-corrected chi connectivity index (χ3v) is 3.39. The summed E-state index contributed by atoms with van der Waals surface area (Å²) in [6.07, 6.45) is -4.95. The number of amides is 3. The van der Waals surface area contributed by atoms with Crippen molar-refractivity contribution in [3.63, 3.8) is 0 Å². The van der Waals surface area contributed by atoms with Crippen LogP contribution < -0.4 is 20.7 Å². The lowest BCUT2D eigenvalue weighted by Gasteiger charge is -2.15. The van der Waals surface area contributed by atoms with Crippen molar-refractivity contribution in [2.75, 3.05) is 17.2 Å². The van der Waals surface area contributed by atoms with E-state index in [0.29, 0.717) is 0 Å². The molecule has 0 saturated carbocycles. The van der Waals surface area contributed by atoms with Crippen LogP contribution in [0.15, 0.2) is 36.4 Å². The van der Waals surface area contributed by atoms with Crippen LogP contribution in [0.1, 0.15) is 17.3 Å². The van der Waals surface area contributed by atoms with Crippen LogP contribution in [0.3, 0.4) is 0 Å². The van der Waals surface area contributed by atoms with Crippen LogP contribution in [0.4, 0.5) is 33.7 Å². The number of urea groups is 1. The molecule has 0 spiro atoms. The maximum atomic E-state index is 13.3. The summed E-state index contributed by atoms with van der Waals surface area (Å²) in [7, 11) is 0. The lowest BCUT2D eigenvalue weighted by molar-refractivity contribution is -0.274. The smallest absolute Gasteiger partial charge is 0.406 e. The molecule has 0 heterocycles. The monoisotopic (exact) mass is 419 g/mol. The van der Waals surface area contributed by atoms with Crippen molar-refractivity contribution in [2.45, 2.75) is 13.3 Å². The zero-order valence-electron chi connectivity index (χ0n) is 14.3. The van der Waals surface area contributed by atoms with E-state index in [1.807, 2.05) is 0 Å². The highest BCUT2D eigenvalue weighted by Crippen LogP contribution is 2.28. The van der Waals surface area contributed by atoms with Crippen molar-refractivity contribution in [3.8, 4) is 5.75 Å². The summed E-state index contributed by atoms with van der Waals surface area (Å²) < 4.78 is 54.4. The Morgan fingerprint density at radius 3 is 2.43 bits per heavy atom. The van der Waals surface area contributed by atoms with E-state index >= 15 is 0 Å². The van der Waals surface area contributed by atoms with Gasteiger partial charge in [0.05, 0.1) is 11.3 Å². The molecule has 0 saturated heterocycles. The molecule has 0 aliphatic carbocycles. The molecule has 0 bridgehead atoms. The van der Waals surface area contributed by atoms with E-state index in [9.17, 15) is 27.2 Å². The van der Waals surface area contributed by atoms with Gasteiger partial charge in [0.25, 0.3) is 5.91 Å². The Morgan fingerprint density at radius 1 is 1.11 bits per heavy atom. The number of benzene rings is 2. The highest BCUT2D eigenvalue weighted by Gasteiger charge is 2.31. The zero-order valence-corrected chi connectivity index (χ0v) is 15.0. The Morgan fingerprint density at radius 2 is 1.82 bits per heavy atom. The van der Waals surface area contributed by atoms with Crippen molar-refractivity contribution in [1.29, 1.82) is 0 Å². The quantitative estimate of drug-likeness (QED) is 0.611. The minimum atomic E-state index is -4.95. The first-order chi connectivity index (χ1) is 13.1. The number of carbonyl (C=O) groups excluding carboxylic acids is 2. The van der Waals surface area contributed by atoms with E-state index in [0.717, 1.165) is 30.3 Å². The van der Waals surface area contributed by atoms with Gasteiger partial charge in [-0.25, -0.2) is 9.18 Å². The second kappa shape index (κ2) is 8.79. The fourth-order valence-electron chi connectivity index (χ4n) is 2.19. The summed E-state index contributed by atoms with van der Waals surface area (Å²) in [4.78, 5) is 24.2. The number of hydrogen-bond donors (Lipinski definition) is 3. The normalized spacial score (nSPS) is 10.9. The first kappa shape index (κ1) is 21.3. The topological polar surface area (TPSA) is 79.5 Å². The van der Waals surface area contributed by atoms with Gasteiger partial charge >= 0.3 is 12.4 Å². The van der Waals surface area contributed by atoms with Crippen LogP contribution in [0.5, 0.6) is 5.75 Å². The first-order valence-corrected chi connectivity index (χ1v) is 8.17. The van der Waals surface area contributed by atoms with Crippen molar-refractivity contribution < 1.29 is 31.9 Å². The Balaban J connectivity index is 2.27. The molecule has 0 fully saturated rings. The van der Waals surface area contributed by atoms with Gasteiger partial charge in [0.2, 0.25) is 0 Å². The van der Waals surface area contributed by atoms with Crippen molar-refractivity contribution in [2.24, 2.45) is 0 Å². The number of carbonyl (C=O) groups is 2. The molecule has 2 aromatic carbocycles. The highest BCUT2D eigenvalue weighted by molar-refractivity contribution is 6.31. The van der Waals surface area contributed by atoms with Gasteiger partial charge in [-0.3, -0.25) is 4.79 Å². The molecule has 0 atom stereocenters. The van der Waals surface area contributed by atoms with Crippen molar-refractivity contribution in [3.05, 3.63) is 52.8 Å². The molecular formula is C17H14ClF4N3O3. The number of hydrogen-bond acceptors (Lipinski definition) is 3. The molecule has 0 aliphatic heterocycles. The molecular weight excluding hydrogens is 406 g/mol. The Bertz CT molecular complexity index is 870. The minimum absolute atomic E-state index is 0.00440. The second-order valence-corrected chi connectivity index (χ2v) is 5.79. The van der Waals surface area contributed by atoms with E-state index < -0.39 is 29.9 Å². The molecule has 6 nitrogen and oxygen atoms in total. The number of nitrogens with one attached hydrogen (secondary N) is 3. The predicted octanol–water partition coefficient (Wildman–Crippen LogP) is 4.77. The summed E-state index contributed by atoms with van der Waals surface area (Å²) in [6, 6.07) is 5.19. The lowest BCUT2D eigenvalue weighted by atomic mass is 10.1. The summed E-state index contributed by atoms with van der Waals surface area (Å²) in [5.41, 5.74) is -0.332. The number of anilines is 2. The maximum Gasteiger partial charge on any atom is 0.573 e. The SMILES string of the molecule is CCNC(=O)c1ccc(OC(F)(F)F)cc1NC(=O)Nc1cc(F)cc(Cl)c1. The van der Waals surface area contributed by atoms with Crippen LogP contribution in [0, 0.1) is 5.82 Å². The third-order valence-electron chi connectivity index (χ3n) is 3.18. The highest BCUT2D eigenvalue weighted by atomic mass is 35.5. The largest absolute Gasteiger partial charge is 0.573 e. The first-order valence-electron chi connectivity index (χ1n) is 7.79. The summed E-state index contributed by atoms with van der Waals surface area (Å²) in [5, 5.41) is 7.00. The Kier molecular flexibility index (Phi) is 6.68. The van der Waals surface area contributed by atoms with Gasteiger partial charge < -0.3 is 20.7 Å². The third kappa shape index (κ3) is 6.31. The van der Waals surface area contributed by atoms with Gasteiger partial charge in [0.1, 0.15) is 11.6 Å². The molecule has 3 amide bonds. The fraction of sp³-hybridized carbons (Fsp3) is 0.176. The molecule has 2 rings (SSSR count). The molecule has 11 heteroatoms. The molecule has 0 unspecified atom stereocenters. The van der Waals surface area contributed by atoms with E-state index in [4.69, 9.17) is 11.6 Å². The Hall–Kier alpha value is -3.01. The standard InChI is InChI=1S/C17H14ClF4N3O3/c1-2-23-15(26)13-4-3-12(28-17(20,21)22)8-14(13)25-16(27)24-11-6-9(18)5-10(19)7-11/h3-8H,2H2,1H3,(H,23,26)(H2,24,25,27). The van der Waals surface area contributed by atoms with E-state index in [1.165, 1.54) is 6.07 Å². The average Bonchev–Trinajstić information content (AvgIpc) is 2.52. The van der Waals surface area contributed by atoms with Crippen LogP contribution >= 0.6 is 11.6 Å². The van der Waals surface area contributed by atoms with E-state index in [2.05, 4.69) is 20.7 Å². The molecule has 150 valence electrons. The number of rotatable bonds is 5. The molecule has 0 radical (unpaired) electrons. The van der Waals surface area contributed by atoms with Gasteiger partial charge in [-0.2, -0.15) is 0 Å². The molecule has 2 aromatic rings. The van der Waals surface area contributed by atoms with Crippen LogP contribution in [0.2, 0.25) is 5.02 Å². The van der Waals surface area contributed by atoms with E-state index in [1.54, 1.807) is 6.92 Å². The van der Waals surface area contributed by atoms with Crippen LogP contribution in [0.25, 0.3) is 0 Å². The predicted molar refractivity (Wildman–Crippen MR) is 95.2 cm³/mol. The maximum absolute atomic E-state index is 13.3. The van der Waals surface area contributed by atoms with E-state index in [-0.39, 0.29) is 28.5 Å². The number of alkyl halides is 3.